The third kappa shape index (κ3) is 4.85. The van der Waals surface area contributed by atoms with Gasteiger partial charge in [-0.1, -0.05) is 0 Å². The molecule has 0 spiro atoms. The zero-order valence-corrected chi connectivity index (χ0v) is 18.9. The molecule has 0 saturated carbocycles. The average Bonchev–Trinajstić information content (AvgIpc) is 3.21. The summed E-state index contributed by atoms with van der Waals surface area (Å²) in [7, 11) is 3.08. The van der Waals surface area contributed by atoms with Gasteiger partial charge in [-0.05, 0) is 50.2 Å². The van der Waals surface area contributed by atoms with Gasteiger partial charge in [-0.3, -0.25) is 14.4 Å². The van der Waals surface area contributed by atoms with Gasteiger partial charge in [0.2, 0.25) is 11.8 Å². The van der Waals surface area contributed by atoms with Gasteiger partial charge in [0.15, 0.2) is 0 Å². The second kappa shape index (κ2) is 10.2. The molecule has 1 aliphatic heterocycles. The van der Waals surface area contributed by atoms with E-state index in [1.165, 1.54) is 7.11 Å². The van der Waals surface area contributed by atoms with Crippen LogP contribution in [0.4, 0.5) is 11.4 Å². The second-order valence-electron chi connectivity index (χ2n) is 7.49. The molecule has 8 nitrogen and oxygen atoms in total. The topological polar surface area (TPSA) is 88.2 Å². The van der Waals surface area contributed by atoms with Crippen LogP contribution in [0.25, 0.3) is 0 Å². The van der Waals surface area contributed by atoms with Crippen molar-refractivity contribution < 1.29 is 23.9 Å². The molecule has 1 atom stereocenters. The van der Waals surface area contributed by atoms with Crippen LogP contribution in [-0.2, 0) is 9.59 Å². The highest BCUT2D eigenvalue weighted by atomic mass is 16.5. The summed E-state index contributed by atoms with van der Waals surface area (Å²) < 4.78 is 10.6. The molecule has 170 valence electrons. The van der Waals surface area contributed by atoms with Gasteiger partial charge in [0, 0.05) is 43.4 Å². The lowest BCUT2D eigenvalue weighted by Gasteiger charge is -2.20. The summed E-state index contributed by atoms with van der Waals surface area (Å²) in [5.41, 5.74) is 1.76. The Kier molecular flexibility index (Phi) is 7.35. The highest BCUT2D eigenvalue weighted by Gasteiger charge is 2.36. The van der Waals surface area contributed by atoms with E-state index in [1.54, 1.807) is 59.4 Å². The van der Waals surface area contributed by atoms with Crippen molar-refractivity contribution in [3.8, 4) is 11.5 Å². The predicted molar refractivity (Wildman–Crippen MR) is 122 cm³/mol. The molecule has 3 rings (SSSR count). The minimum atomic E-state index is -0.494. The predicted octanol–water partition coefficient (Wildman–Crippen LogP) is 3.18. The molecule has 1 aliphatic rings. The second-order valence-corrected chi connectivity index (χ2v) is 7.49. The fourth-order valence-corrected chi connectivity index (χ4v) is 3.76. The Bertz CT molecular complexity index is 986. The van der Waals surface area contributed by atoms with E-state index in [1.807, 2.05) is 13.8 Å². The molecule has 2 aromatic carbocycles. The number of ether oxygens (including phenoxy) is 2. The first kappa shape index (κ1) is 23.1. The van der Waals surface area contributed by atoms with E-state index in [0.29, 0.717) is 41.5 Å². The first-order chi connectivity index (χ1) is 15.4. The molecule has 3 amide bonds. The fourth-order valence-electron chi connectivity index (χ4n) is 3.76. The van der Waals surface area contributed by atoms with Crippen molar-refractivity contribution in [1.29, 1.82) is 0 Å². The highest BCUT2D eigenvalue weighted by Crippen LogP contribution is 2.36. The molecule has 1 fully saturated rings. The van der Waals surface area contributed by atoms with Crippen molar-refractivity contribution in [2.24, 2.45) is 5.92 Å². The van der Waals surface area contributed by atoms with Crippen LogP contribution in [0.3, 0.4) is 0 Å². The molecule has 0 aliphatic carbocycles. The van der Waals surface area contributed by atoms with Crippen molar-refractivity contribution in [2.75, 3.05) is 44.1 Å². The summed E-state index contributed by atoms with van der Waals surface area (Å²) in [5.74, 6) is 0.205. The summed E-state index contributed by atoms with van der Waals surface area (Å²) in [6.45, 7) is 5.40. The van der Waals surface area contributed by atoms with E-state index in [2.05, 4.69) is 5.32 Å². The third-order valence-corrected chi connectivity index (χ3v) is 5.62. The average molecular weight is 440 g/mol. The number of benzene rings is 2. The number of hydrogen-bond acceptors (Lipinski definition) is 5. The lowest BCUT2D eigenvalue weighted by Crippen LogP contribution is -2.30. The maximum atomic E-state index is 12.8. The van der Waals surface area contributed by atoms with Gasteiger partial charge in [-0.15, -0.1) is 0 Å². The Labute approximate surface area is 188 Å². The smallest absolute Gasteiger partial charge is 0.253 e. The molecule has 1 heterocycles. The van der Waals surface area contributed by atoms with E-state index >= 15 is 0 Å². The van der Waals surface area contributed by atoms with Gasteiger partial charge >= 0.3 is 0 Å². The van der Waals surface area contributed by atoms with Gasteiger partial charge < -0.3 is 24.6 Å². The Balaban J connectivity index is 1.67. The first-order valence-corrected chi connectivity index (χ1v) is 10.6. The Morgan fingerprint density at radius 3 is 2.34 bits per heavy atom. The molecular formula is C24H29N3O5. The molecule has 0 bridgehead atoms. The maximum absolute atomic E-state index is 12.8. The number of rotatable bonds is 8. The summed E-state index contributed by atoms with van der Waals surface area (Å²) in [4.78, 5) is 41.1. The quantitative estimate of drug-likeness (QED) is 0.683. The first-order valence-electron chi connectivity index (χ1n) is 10.6. The number of anilines is 2. The summed E-state index contributed by atoms with van der Waals surface area (Å²) in [6.07, 6.45) is 0.111. The van der Waals surface area contributed by atoms with Crippen LogP contribution in [0.5, 0.6) is 11.5 Å². The van der Waals surface area contributed by atoms with Gasteiger partial charge in [-0.25, -0.2) is 0 Å². The molecule has 1 N–H and O–H groups in total. The zero-order chi connectivity index (χ0) is 23.3. The molecule has 8 heteroatoms. The summed E-state index contributed by atoms with van der Waals surface area (Å²) in [5, 5.41) is 2.85. The van der Waals surface area contributed by atoms with Crippen LogP contribution >= 0.6 is 0 Å². The van der Waals surface area contributed by atoms with Crippen molar-refractivity contribution in [1.82, 2.24) is 4.90 Å². The lowest BCUT2D eigenvalue weighted by molar-refractivity contribution is -0.122. The van der Waals surface area contributed by atoms with Gasteiger partial charge in [0.25, 0.3) is 5.91 Å². The highest BCUT2D eigenvalue weighted by molar-refractivity contribution is 6.04. The Morgan fingerprint density at radius 1 is 1.06 bits per heavy atom. The largest absolute Gasteiger partial charge is 0.497 e. The van der Waals surface area contributed by atoms with E-state index in [9.17, 15) is 14.4 Å². The van der Waals surface area contributed by atoms with E-state index in [0.717, 1.165) is 0 Å². The van der Waals surface area contributed by atoms with Crippen LogP contribution in [0.1, 0.15) is 30.6 Å². The van der Waals surface area contributed by atoms with Crippen LogP contribution in [-0.4, -0.2) is 56.5 Å². The van der Waals surface area contributed by atoms with Crippen molar-refractivity contribution in [2.45, 2.75) is 20.3 Å². The Morgan fingerprint density at radius 2 is 1.75 bits per heavy atom. The minimum absolute atomic E-state index is 0.0432. The number of nitrogens with one attached hydrogen (secondary N) is 1. The molecule has 0 radical (unpaired) electrons. The molecule has 0 aromatic heterocycles. The van der Waals surface area contributed by atoms with Crippen LogP contribution in [0.15, 0.2) is 42.5 Å². The molecule has 2 aromatic rings. The summed E-state index contributed by atoms with van der Waals surface area (Å²) in [6, 6.07) is 12.0. The summed E-state index contributed by atoms with van der Waals surface area (Å²) >= 11 is 0. The normalized spacial score (nSPS) is 15.4. The van der Waals surface area contributed by atoms with E-state index in [4.69, 9.17) is 9.47 Å². The molecule has 0 unspecified atom stereocenters. The zero-order valence-electron chi connectivity index (χ0n) is 18.9. The number of carbonyl (C=O) groups excluding carboxylic acids is 3. The van der Waals surface area contributed by atoms with E-state index < -0.39 is 5.92 Å². The minimum Gasteiger partial charge on any atom is -0.497 e. The Hall–Kier alpha value is -3.55. The number of methoxy groups -OCH3 is 2. The van der Waals surface area contributed by atoms with E-state index in [-0.39, 0.29) is 30.7 Å². The number of hydrogen-bond donors (Lipinski definition) is 1. The van der Waals surface area contributed by atoms with Crippen molar-refractivity contribution in [3.63, 3.8) is 0 Å². The lowest BCUT2D eigenvalue weighted by atomic mass is 10.1. The van der Waals surface area contributed by atoms with Gasteiger partial charge in [0.1, 0.15) is 11.5 Å². The van der Waals surface area contributed by atoms with Crippen LogP contribution < -0.4 is 19.7 Å². The number of nitrogens with zero attached hydrogens (tertiary/aromatic N) is 2. The fraction of sp³-hybridized carbons (Fsp3) is 0.375. The van der Waals surface area contributed by atoms with Crippen molar-refractivity contribution in [3.05, 3.63) is 48.0 Å². The molecule has 1 saturated heterocycles. The van der Waals surface area contributed by atoms with Gasteiger partial charge in [-0.2, -0.15) is 0 Å². The van der Waals surface area contributed by atoms with Gasteiger partial charge in [0.05, 0.1) is 25.8 Å². The van der Waals surface area contributed by atoms with Crippen LogP contribution in [0, 0.1) is 5.92 Å². The number of amides is 3. The van der Waals surface area contributed by atoms with Crippen LogP contribution in [0.2, 0.25) is 0 Å². The SMILES string of the molecule is CCN(CC)C(=O)c1ccc(NC(=O)[C@@H]2CC(=O)N(c3ccc(OC)cc3OC)C2)cc1. The third-order valence-electron chi connectivity index (χ3n) is 5.62. The van der Waals surface area contributed by atoms with Crippen molar-refractivity contribution >= 4 is 29.1 Å². The number of carbonyl (C=O) groups is 3. The standard InChI is InChI=1S/C24H29N3O5/c1-5-26(6-2)24(30)16-7-9-18(10-8-16)25-23(29)17-13-22(28)27(15-17)20-12-11-19(31-3)14-21(20)32-4/h7-12,14,17H,5-6,13,15H2,1-4H3,(H,25,29)/t17-/m1/s1. The molecule has 32 heavy (non-hydrogen) atoms. The molecular weight excluding hydrogens is 410 g/mol. The monoisotopic (exact) mass is 439 g/mol. The maximum Gasteiger partial charge on any atom is 0.253 e.